The van der Waals surface area contributed by atoms with Crippen LogP contribution in [0.25, 0.3) is 4.91 Å². The molecule has 2 aromatic carbocycles. The molecular weight excluding hydrogens is 1090 g/mol. The van der Waals surface area contributed by atoms with Gasteiger partial charge in [-0.25, -0.2) is 0 Å². The van der Waals surface area contributed by atoms with Crippen LogP contribution in [-0.2, 0) is 36.9 Å². The number of fused-ring (bicyclic) bond motifs is 2. The number of carbonyl (C=O) groups excluding carboxylic acids is 5. The summed E-state index contributed by atoms with van der Waals surface area (Å²) in [6.45, 7) is 15.4. The Morgan fingerprint density at radius 2 is 1.71 bits per heavy atom. The zero-order valence-corrected chi connectivity index (χ0v) is 47.3. The third kappa shape index (κ3) is 12.6. The number of thioether (sulfide) groups is 1. The van der Waals surface area contributed by atoms with Gasteiger partial charge in [0.05, 0.1) is 0 Å². The number of carbonyl (C=O) groups is 5. The quantitative estimate of drug-likeness (QED) is 0.117. The molecule has 6 unspecified atom stereocenters. The van der Waals surface area contributed by atoms with E-state index in [1.807, 2.05) is 65.6 Å². The Bertz CT molecular complexity index is 2540. The van der Waals surface area contributed by atoms with Crippen LogP contribution in [0.4, 0.5) is 19.3 Å². The molecule has 0 aromatic heterocycles. The second-order valence-electron chi connectivity index (χ2n) is 22.3. The number of alkyl halides is 2. The van der Waals surface area contributed by atoms with Gasteiger partial charge in [0.15, 0.2) is 0 Å². The fourth-order valence-corrected chi connectivity index (χ4v) is 16.2. The molecule has 6 atom stereocenters. The molecule has 8 aliphatic heterocycles. The number of rotatable bonds is 17. The Hall–Kier alpha value is -4.51. The van der Waals surface area contributed by atoms with Crippen molar-refractivity contribution in [1.82, 2.24) is 46.4 Å². The first-order valence-corrected chi connectivity index (χ1v) is 30.0. The predicted molar refractivity (Wildman–Crippen MR) is 283 cm³/mol. The number of nitrogens with zero attached hydrogens (tertiary/aromatic N) is 5. The molecule has 10 rings (SSSR count). The van der Waals surface area contributed by atoms with Crippen LogP contribution >= 0.6 is 11.8 Å². The SMILES string of the molecule is CNC(=O)N1CCC(NC2CCOCC2)=C([I-]N2CCCc3cc(C4CN5CC4N5CC(=O)NCCC(=O)NC(C(=O)N4CCCC4C(=O)NCc4ccc(C5=C(C)C(C)CS5)cc4)C(C)(C)C)c(C(F)F)cc32)C1. The molecule has 0 spiro atoms. The second kappa shape index (κ2) is 24.0. The molecule has 2 bridgehead atoms. The van der Waals surface area contributed by atoms with Crippen molar-refractivity contribution in [3.05, 3.63) is 79.1 Å². The van der Waals surface area contributed by atoms with Gasteiger partial charge in [-0.15, -0.1) is 11.8 Å². The minimum absolute atomic E-state index is 0.0334. The van der Waals surface area contributed by atoms with Gasteiger partial charge in [-0.2, -0.15) is 0 Å². The number of hydrogen-bond acceptors (Lipinski definition) is 11. The number of likely N-dealkylation sites (tertiary alicyclic amines) is 1. The number of anilines is 1. The van der Waals surface area contributed by atoms with Crippen LogP contribution in [0.15, 0.2) is 51.2 Å². The van der Waals surface area contributed by atoms with Crippen molar-refractivity contribution in [1.29, 1.82) is 0 Å². The van der Waals surface area contributed by atoms with E-state index in [2.05, 4.69) is 55.7 Å². The van der Waals surface area contributed by atoms with Crippen molar-refractivity contribution in [3.63, 3.8) is 0 Å². The molecule has 2 aromatic rings. The van der Waals surface area contributed by atoms with E-state index < -0.39 is 51.3 Å². The number of hydrazine groups is 1. The Kier molecular flexibility index (Phi) is 17.7. The van der Waals surface area contributed by atoms with E-state index in [4.69, 9.17) is 4.74 Å². The van der Waals surface area contributed by atoms with Crippen LogP contribution in [0, 0.1) is 11.3 Å². The molecule has 0 aliphatic carbocycles. The van der Waals surface area contributed by atoms with E-state index in [-0.39, 0.29) is 60.8 Å². The molecule has 410 valence electrons. The topological polar surface area (TPSA) is 171 Å². The summed E-state index contributed by atoms with van der Waals surface area (Å²) < 4.78 is 39.5. The van der Waals surface area contributed by atoms with Gasteiger partial charge >= 0.3 is 257 Å². The normalized spacial score (nSPS) is 24.6. The summed E-state index contributed by atoms with van der Waals surface area (Å²) in [5, 5.41) is 19.4. The van der Waals surface area contributed by atoms with Crippen molar-refractivity contribution in [2.24, 2.45) is 11.3 Å². The van der Waals surface area contributed by atoms with Crippen LogP contribution in [0.3, 0.4) is 0 Å². The standard InChI is InChI=1S/C55H76F2IN10O6S/c1-33-32-75-49(34(33)2)36-13-11-35(12-14-36)27-61-52(71)44-10-8-20-66(44)53(72)50(55(3,4)5)63-47(69)15-19-60-48(70)31-68-46-30-65(68)28-41(46)39-25-37-9-7-21-67(45(37)26-40(39)51(56)57)58-42-29-64(54(73)59-6)22-16-43(42)62-38-17-23-74-24-18-38/h11-14,25-26,33,38,41,44,46,50-51,62H,7-10,15-24,27-32H2,1-6H3,(H,59,73)(H,60,70)(H,61,71)(H,63,69)/q-1. The molecule has 16 nitrogen and oxygen atoms in total. The number of hydrogen-bond donors (Lipinski definition) is 5. The number of amides is 6. The summed E-state index contributed by atoms with van der Waals surface area (Å²) in [6.07, 6.45) is 2.73. The van der Waals surface area contributed by atoms with Gasteiger partial charge in [-0.3, -0.25) is 14.4 Å². The van der Waals surface area contributed by atoms with E-state index in [0.29, 0.717) is 82.8 Å². The number of benzene rings is 2. The summed E-state index contributed by atoms with van der Waals surface area (Å²) in [5.74, 6) is 0.257. The molecule has 5 N–H and O–H groups in total. The fraction of sp³-hybridized carbons (Fsp3) is 0.618. The van der Waals surface area contributed by atoms with E-state index in [9.17, 15) is 24.0 Å². The summed E-state index contributed by atoms with van der Waals surface area (Å²) in [6, 6.07) is 10.6. The molecule has 75 heavy (non-hydrogen) atoms. The fourth-order valence-electron chi connectivity index (χ4n) is 11.6. The second-order valence-corrected chi connectivity index (χ2v) is 26.2. The first-order valence-electron chi connectivity index (χ1n) is 27.0. The average Bonchev–Trinajstić information content (AvgIpc) is 4.22. The maximum absolute atomic E-state index is 15.2. The maximum atomic E-state index is 15.2. The minimum atomic E-state index is -2.68. The molecule has 0 radical (unpaired) electrons. The third-order valence-electron chi connectivity index (χ3n) is 16.1. The number of allylic oxidation sites excluding steroid dienone is 1. The molecule has 20 heteroatoms. The number of aryl methyl sites for hydroxylation is 1. The van der Waals surface area contributed by atoms with E-state index in [0.717, 1.165) is 61.2 Å². The third-order valence-corrected chi connectivity index (χ3v) is 20.8. The zero-order valence-electron chi connectivity index (χ0n) is 44.4. The molecule has 8 aliphatic rings. The van der Waals surface area contributed by atoms with Gasteiger partial charge in [0.1, 0.15) is 12.1 Å². The van der Waals surface area contributed by atoms with Crippen molar-refractivity contribution >= 4 is 52.0 Å². The first-order chi connectivity index (χ1) is 36.0. The van der Waals surface area contributed by atoms with Crippen LogP contribution in [0.2, 0.25) is 0 Å². The Balaban J connectivity index is 0.770. The van der Waals surface area contributed by atoms with Crippen molar-refractivity contribution in [3.8, 4) is 0 Å². The Labute approximate surface area is 455 Å². The van der Waals surface area contributed by atoms with Crippen LogP contribution in [0.5, 0.6) is 0 Å². The van der Waals surface area contributed by atoms with Gasteiger partial charge in [0.2, 0.25) is 17.7 Å². The van der Waals surface area contributed by atoms with Crippen molar-refractivity contribution in [2.75, 3.05) is 81.5 Å². The van der Waals surface area contributed by atoms with Gasteiger partial charge < -0.3 is 15.5 Å². The summed E-state index contributed by atoms with van der Waals surface area (Å²) in [7, 11) is 1.64. The van der Waals surface area contributed by atoms with Gasteiger partial charge in [0, 0.05) is 30.2 Å². The van der Waals surface area contributed by atoms with E-state index >= 15 is 8.78 Å². The molecule has 8 heterocycles. The monoisotopic (exact) mass is 1170 g/mol. The molecular formula is C55H76F2IN10O6S-. The number of ether oxygens (including phenoxy) is 1. The zero-order chi connectivity index (χ0) is 53.1. The molecule has 6 amide bonds. The van der Waals surface area contributed by atoms with Crippen LogP contribution in [0.1, 0.15) is 120 Å². The van der Waals surface area contributed by atoms with Crippen molar-refractivity contribution in [2.45, 2.75) is 129 Å². The average molecular weight is 1170 g/mol. The molecule has 0 saturated carbocycles. The predicted octanol–water partition coefficient (Wildman–Crippen LogP) is 2.86. The first kappa shape index (κ1) is 55.3. The summed E-state index contributed by atoms with van der Waals surface area (Å²) >= 11 is 1.07. The molecule has 5 saturated heterocycles. The van der Waals surface area contributed by atoms with E-state index in [1.165, 1.54) is 25.3 Å². The van der Waals surface area contributed by atoms with Crippen LogP contribution < -0.4 is 51.2 Å². The van der Waals surface area contributed by atoms with Crippen molar-refractivity contribution < 1.29 is 59.0 Å². The summed E-state index contributed by atoms with van der Waals surface area (Å²) in [5.41, 5.74) is 6.71. The number of nitrogens with one attached hydrogen (secondary N) is 5. The Morgan fingerprint density at radius 1 is 0.933 bits per heavy atom. The van der Waals surface area contributed by atoms with Gasteiger partial charge in [-0.1, -0.05) is 57.5 Å². The van der Waals surface area contributed by atoms with Crippen LogP contribution in [-0.4, -0.2) is 152 Å². The van der Waals surface area contributed by atoms with Gasteiger partial charge in [0.25, 0.3) is 0 Å². The Morgan fingerprint density at radius 3 is 2.41 bits per heavy atom. The van der Waals surface area contributed by atoms with Gasteiger partial charge in [-0.05, 0) is 42.2 Å². The summed E-state index contributed by atoms with van der Waals surface area (Å²) in [4.78, 5) is 72.1. The molecule has 5 fully saturated rings. The number of urea groups is 1. The number of halogens is 3. The van der Waals surface area contributed by atoms with E-state index in [1.54, 1.807) is 18.0 Å².